The number of nitrogens with one attached hydrogen (secondary N) is 1. The van der Waals surface area contributed by atoms with Gasteiger partial charge in [-0.25, -0.2) is 10.8 Å². The van der Waals surface area contributed by atoms with Gasteiger partial charge < -0.3 is 10.3 Å². The molecule has 0 aliphatic heterocycles. The van der Waals surface area contributed by atoms with E-state index in [0.29, 0.717) is 11.3 Å². The SMILES string of the molecule is CCCN(CC(F)(F)F)C(=O)c1cnc(NN)c(Cl)c1. The predicted molar refractivity (Wildman–Crippen MR) is 69.3 cm³/mol. The average Bonchev–Trinajstić information content (AvgIpc) is 2.35. The van der Waals surface area contributed by atoms with Gasteiger partial charge in [-0.15, -0.1) is 0 Å². The Morgan fingerprint density at radius 1 is 1.55 bits per heavy atom. The van der Waals surface area contributed by atoms with E-state index < -0.39 is 18.6 Å². The minimum absolute atomic E-state index is 0.00709. The number of carbonyl (C=O) groups is 1. The highest BCUT2D eigenvalue weighted by Crippen LogP contribution is 2.22. The number of hydrazine groups is 1. The van der Waals surface area contributed by atoms with Crippen LogP contribution in [0, 0.1) is 0 Å². The lowest BCUT2D eigenvalue weighted by Gasteiger charge is -2.23. The number of pyridine rings is 1. The third-order valence-corrected chi connectivity index (χ3v) is 2.66. The summed E-state index contributed by atoms with van der Waals surface area (Å²) >= 11 is 5.79. The molecule has 1 amide bonds. The Labute approximate surface area is 118 Å². The first-order valence-corrected chi connectivity index (χ1v) is 6.14. The first kappa shape index (κ1) is 16.5. The molecular formula is C11H14ClF3N4O. The minimum atomic E-state index is -4.46. The number of hydrogen-bond donors (Lipinski definition) is 2. The van der Waals surface area contributed by atoms with Gasteiger partial charge in [-0.2, -0.15) is 13.2 Å². The number of nitrogens with two attached hydrogens (primary N) is 1. The van der Waals surface area contributed by atoms with Gasteiger partial charge in [0.1, 0.15) is 6.54 Å². The fraction of sp³-hybridized carbons (Fsp3) is 0.455. The van der Waals surface area contributed by atoms with E-state index in [1.807, 2.05) is 0 Å². The van der Waals surface area contributed by atoms with Gasteiger partial charge in [-0.1, -0.05) is 18.5 Å². The Morgan fingerprint density at radius 3 is 2.65 bits per heavy atom. The number of anilines is 1. The highest BCUT2D eigenvalue weighted by molar-refractivity contribution is 6.33. The molecule has 5 nitrogen and oxygen atoms in total. The van der Waals surface area contributed by atoms with E-state index in [1.165, 1.54) is 6.07 Å². The number of alkyl halides is 3. The smallest absolute Gasteiger partial charge is 0.330 e. The van der Waals surface area contributed by atoms with E-state index in [9.17, 15) is 18.0 Å². The number of hydrogen-bond acceptors (Lipinski definition) is 4. The highest BCUT2D eigenvalue weighted by atomic mass is 35.5. The summed E-state index contributed by atoms with van der Waals surface area (Å²) in [5.41, 5.74) is 2.18. The van der Waals surface area contributed by atoms with Gasteiger partial charge in [0.05, 0.1) is 10.6 Å². The summed E-state index contributed by atoms with van der Waals surface area (Å²) in [6.45, 7) is 0.365. The predicted octanol–water partition coefficient (Wildman–Crippen LogP) is 2.44. The standard InChI is InChI=1S/C11H14ClF3N4O/c1-2-3-19(6-11(13,14)15)10(20)7-4-8(12)9(18-16)17-5-7/h4-5H,2-3,6,16H2,1H3,(H,17,18). The molecule has 1 heterocycles. The zero-order valence-corrected chi connectivity index (χ0v) is 11.4. The van der Waals surface area contributed by atoms with Gasteiger partial charge in [-0.3, -0.25) is 4.79 Å². The zero-order valence-electron chi connectivity index (χ0n) is 10.7. The van der Waals surface area contributed by atoms with Crippen LogP contribution in [0.15, 0.2) is 12.3 Å². The average molecular weight is 311 g/mol. The normalized spacial score (nSPS) is 11.3. The second-order valence-corrected chi connectivity index (χ2v) is 4.45. The van der Waals surface area contributed by atoms with Crippen molar-refractivity contribution in [1.82, 2.24) is 9.88 Å². The molecule has 0 aromatic carbocycles. The van der Waals surface area contributed by atoms with Crippen molar-refractivity contribution in [2.45, 2.75) is 19.5 Å². The van der Waals surface area contributed by atoms with E-state index in [1.54, 1.807) is 6.92 Å². The first-order chi connectivity index (χ1) is 9.28. The van der Waals surface area contributed by atoms with Gasteiger partial charge >= 0.3 is 6.18 Å². The topological polar surface area (TPSA) is 71.2 Å². The molecule has 0 bridgehead atoms. The van der Waals surface area contributed by atoms with Crippen molar-refractivity contribution in [2.75, 3.05) is 18.5 Å². The molecule has 0 aliphatic carbocycles. The monoisotopic (exact) mass is 310 g/mol. The van der Waals surface area contributed by atoms with Crippen LogP contribution in [0.25, 0.3) is 0 Å². The summed E-state index contributed by atoms with van der Waals surface area (Å²) in [4.78, 5) is 16.5. The summed E-state index contributed by atoms with van der Waals surface area (Å²) in [7, 11) is 0. The van der Waals surface area contributed by atoms with Gasteiger partial charge in [-0.05, 0) is 12.5 Å². The number of carbonyl (C=O) groups excluding carboxylic acids is 1. The molecule has 0 saturated heterocycles. The third kappa shape index (κ3) is 4.53. The van der Waals surface area contributed by atoms with E-state index in [2.05, 4.69) is 10.4 Å². The molecule has 0 spiro atoms. The summed E-state index contributed by atoms with van der Waals surface area (Å²) in [5.74, 6) is 4.49. The second kappa shape index (κ2) is 6.76. The minimum Gasteiger partial charge on any atom is -0.330 e. The summed E-state index contributed by atoms with van der Waals surface area (Å²) in [6.07, 6.45) is -2.92. The lowest BCUT2D eigenvalue weighted by molar-refractivity contribution is -0.140. The van der Waals surface area contributed by atoms with Crippen molar-refractivity contribution in [3.63, 3.8) is 0 Å². The van der Waals surface area contributed by atoms with Gasteiger partial charge in [0.2, 0.25) is 0 Å². The Balaban J connectivity index is 2.97. The number of amides is 1. The molecule has 9 heteroatoms. The van der Waals surface area contributed by atoms with Gasteiger partial charge in [0, 0.05) is 12.7 Å². The second-order valence-electron chi connectivity index (χ2n) is 4.04. The Morgan fingerprint density at radius 2 is 2.20 bits per heavy atom. The zero-order chi connectivity index (χ0) is 15.3. The fourth-order valence-corrected chi connectivity index (χ4v) is 1.80. The number of aromatic nitrogens is 1. The molecular weight excluding hydrogens is 297 g/mol. The Kier molecular flexibility index (Phi) is 5.58. The molecule has 1 rings (SSSR count). The highest BCUT2D eigenvalue weighted by Gasteiger charge is 2.33. The summed E-state index contributed by atoms with van der Waals surface area (Å²) in [5, 5.41) is 0.0572. The van der Waals surface area contributed by atoms with Crippen molar-refractivity contribution in [3.8, 4) is 0 Å². The maximum Gasteiger partial charge on any atom is 0.406 e. The summed E-state index contributed by atoms with van der Waals surface area (Å²) < 4.78 is 37.3. The lowest BCUT2D eigenvalue weighted by atomic mass is 10.2. The van der Waals surface area contributed by atoms with Crippen molar-refractivity contribution in [1.29, 1.82) is 0 Å². The van der Waals surface area contributed by atoms with E-state index in [4.69, 9.17) is 17.4 Å². The molecule has 20 heavy (non-hydrogen) atoms. The van der Waals surface area contributed by atoms with Crippen LogP contribution in [-0.2, 0) is 0 Å². The van der Waals surface area contributed by atoms with Crippen LogP contribution < -0.4 is 11.3 Å². The van der Waals surface area contributed by atoms with Gasteiger partial charge in [0.25, 0.3) is 5.91 Å². The maximum absolute atomic E-state index is 12.4. The Bertz CT molecular complexity index is 481. The molecule has 3 N–H and O–H groups in total. The molecule has 0 unspecified atom stereocenters. The van der Waals surface area contributed by atoms with Crippen LogP contribution in [0.5, 0.6) is 0 Å². The lowest BCUT2D eigenvalue weighted by Crippen LogP contribution is -2.39. The van der Waals surface area contributed by atoms with Crippen LogP contribution in [-0.4, -0.2) is 35.1 Å². The third-order valence-electron chi connectivity index (χ3n) is 2.38. The van der Waals surface area contributed by atoms with Crippen molar-refractivity contribution in [3.05, 3.63) is 22.8 Å². The van der Waals surface area contributed by atoms with Crippen LogP contribution >= 0.6 is 11.6 Å². The van der Waals surface area contributed by atoms with Crippen LogP contribution in [0.3, 0.4) is 0 Å². The maximum atomic E-state index is 12.4. The molecule has 1 aromatic rings. The van der Waals surface area contributed by atoms with Crippen molar-refractivity contribution >= 4 is 23.3 Å². The first-order valence-electron chi connectivity index (χ1n) is 5.76. The number of nitrogens with zero attached hydrogens (tertiary/aromatic N) is 2. The molecule has 0 aliphatic rings. The number of nitrogen functional groups attached to an aromatic ring is 1. The molecule has 1 aromatic heterocycles. The van der Waals surface area contributed by atoms with Crippen LogP contribution in [0.1, 0.15) is 23.7 Å². The van der Waals surface area contributed by atoms with Crippen LogP contribution in [0.4, 0.5) is 19.0 Å². The molecule has 0 atom stereocenters. The van der Waals surface area contributed by atoms with E-state index in [-0.39, 0.29) is 22.9 Å². The number of rotatable bonds is 5. The van der Waals surface area contributed by atoms with E-state index in [0.717, 1.165) is 6.20 Å². The van der Waals surface area contributed by atoms with E-state index >= 15 is 0 Å². The van der Waals surface area contributed by atoms with Crippen molar-refractivity contribution in [2.24, 2.45) is 5.84 Å². The quantitative estimate of drug-likeness (QED) is 0.647. The summed E-state index contributed by atoms with van der Waals surface area (Å²) in [6, 6.07) is 1.23. The molecule has 0 fully saturated rings. The Hall–Kier alpha value is -1.54. The molecule has 0 radical (unpaired) electrons. The molecule has 112 valence electrons. The largest absolute Gasteiger partial charge is 0.406 e. The molecule has 0 saturated carbocycles. The van der Waals surface area contributed by atoms with Gasteiger partial charge in [0.15, 0.2) is 5.82 Å². The fourth-order valence-electron chi connectivity index (χ4n) is 1.58. The van der Waals surface area contributed by atoms with Crippen LogP contribution in [0.2, 0.25) is 5.02 Å². The number of halogens is 4. The van der Waals surface area contributed by atoms with Crippen molar-refractivity contribution < 1.29 is 18.0 Å².